The first-order chi connectivity index (χ1) is 18.2. The van der Waals surface area contributed by atoms with Crippen molar-refractivity contribution in [3.8, 4) is 0 Å². The van der Waals surface area contributed by atoms with Gasteiger partial charge in [-0.3, -0.25) is 0 Å². The van der Waals surface area contributed by atoms with Gasteiger partial charge in [-0.15, -0.1) is 0 Å². The lowest BCUT2D eigenvalue weighted by Gasteiger charge is -2.36. The molecule has 246 valence electrons. The Labute approximate surface area is 266 Å². The molecule has 0 bridgehead atoms. The van der Waals surface area contributed by atoms with Gasteiger partial charge in [0.05, 0.1) is 41.3 Å². The minimum atomic E-state index is -0.199. The van der Waals surface area contributed by atoms with Crippen LogP contribution < -0.4 is 24.8 Å². The third kappa shape index (κ3) is 33.0. The Morgan fingerprint density at radius 1 is 0.375 bits per heavy atom. The summed E-state index contributed by atoms with van der Waals surface area (Å²) in [5.41, 5.74) is 0. The molecule has 0 aromatic rings. The van der Waals surface area contributed by atoms with E-state index < -0.39 is 0 Å². The first kappa shape index (κ1) is 44.9. The Hall–Kier alpha value is 0.460. The maximum atomic E-state index is 10.9. The fourth-order valence-electron chi connectivity index (χ4n) is 6.14. The predicted molar refractivity (Wildman–Crippen MR) is 172 cm³/mol. The monoisotopic (exact) mass is 611 g/mol. The summed E-state index contributed by atoms with van der Waals surface area (Å²) >= 11 is 0. The molecule has 3 nitrogen and oxygen atoms in total. The molecule has 40 heavy (non-hydrogen) atoms. The van der Waals surface area contributed by atoms with Gasteiger partial charge in [0.25, 0.3) is 0 Å². The topological polar surface area (TPSA) is 20.2 Å². The lowest BCUT2D eigenvalue weighted by Crippen LogP contribution is -3.00. The minimum absolute atomic E-state index is 0. The van der Waals surface area contributed by atoms with Gasteiger partial charge < -0.3 is 38.9 Å². The van der Waals surface area contributed by atoms with Crippen molar-refractivity contribution in [1.82, 2.24) is 0 Å². The van der Waals surface area contributed by atoms with E-state index in [1.165, 1.54) is 167 Å². The standard InChI is InChI=1S/C35H76N2O.2ClH/c1-7-9-11-13-15-17-19-21-23-25-27-29-31-36(3,4)33-35(38)34-37(5,6)32-30-28-26-24-22-20-18-16-14-12-10-8-2;;/h35,38H,7-34H2,1-6H3;2*1H/q+2;;/p-2. The summed E-state index contributed by atoms with van der Waals surface area (Å²) in [7, 11) is 9.25. The molecule has 1 N–H and O–H groups in total. The summed E-state index contributed by atoms with van der Waals surface area (Å²) in [6.45, 7) is 8.75. The molecule has 0 amide bonds. The summed E-state index contributed by atoms with van der Waals surface area (Å²) in [5, 5.41) is 10.9. The summed E-state index contributed by atoms with van der Waals surface area (Å²) < 4.78 is 1.91. The summed E-state index contributed by atoms with van der Waals surface area (Å²) in [6.07, 6.45) is 33.5. The number of aliphatic hydroxyl groups is 1. The van der Waals surface area contributed by atoms with E-state index in [2.05, 4.69) is 42.0 Å². The lowest BCUT2D eigenvalue weighted by molar-refractivity contribution is -0.914. The van der Waals surface area contributed by atoms with Crippen LogP contribution in [0, 0.1) is 0 Å². The van der Waals surface area contributed by atoms with E-state index in [1.807, 2.05) is 0 Å². The van der Waals surface area contributed by atoms with Crippen LogP contribution in [0.2, 0.25) is 0 Å². The lowest BCUT2D eigenvalue weighted by atomic mass is 10.0. The van der Waals surface area contributed by atoms with Crippen molar-refractivity contribution in [1.29, 1.82) is 0 Å². The third-order valence-corrected chi connectivity index (χ3v) is 8.64. The largest absolute Gasteiger partial charge is 1.00 e. The number of quaternary nitrogens is 2. The molecule has 0 fully saturated rings. The zero-order chi connectivity index (χ0) is 28.4. The molecule has 0 rings (SSSR count). The van der Waals surface area contributed by atoms with Crippen LogP contribution in [0.15, 0.2) is 0 Å². The molecule has 0 aliphatic heterocycles. The first-order valence-corrected chi connectivity index (χ1v) is 17.5. The van der Waals surface area contributed by atoms with Gasteiger partial charge in [0, 0.05) is 0 Å². The number of nitrogens with zero attached hydrogens (tertiary/aromatic N) is 2. The average molecular weight is 612 g/mol. The highest BCUT2D eigenvalue weighted by Gasteiger charge is 2.26. The van der Waals surface area contributed by atoms with Gasteiger partial charge in [-0.05, 0) is 25.7 Å². The molecule has 5 heteroatoms. The van der Waals surface area contributed by atoms with Crippen molar-refractivity contribution in [2.45, 2.75) is 174 Å². The van der Waals surface area contributed by atoms with Gasteiger partial charge >= 0.3 is 0 Å². The van der Waals surface area contributed by atoms with Crippen LogP contribution in [-0.4, -0.2) is 74.5 Å². The summed E-state index contributed by atoms with van der Waals surface area (Å²) in [6, 6.07) is 0. The quantitative estimate of drug-likeness (QED) is 0.0965. The Kier molecular flexibility index (Phi) is 34.7. The molecule has 0 unspecified atom stereocenters. The summed E-state index contributed by atoms with van der Waals surface area (Å²) in [5.74, 6) is 0. The molecule has 0 aliphatic carbocycles. The van der Waals surface area contributed by atoms with Crippen molar-refractivity contribution in [2.24, 2.45) is 0 Å². The number of hydrogen-bond donors (Lipinski definition) is 1. The second kappa shape index (κ2) is 30.9. The Morgan fingerprint density at radius 2 is 0.575 bits per heavy atom. The zero-order valence-electron chi connectivity index (χ0n) is 28.5. The van der Waals surface area contributed by atoms with Crippen LogP contribution in [0.1, 0.15) is 168 Å². The average Bonchev–Trinajstić information content (AvgIpc) is 2.84. The van der Waals surface area contributed by atoms with Crippen molar-refractivity contribution < 1.29 is 38.9 Å². The van der Waals surface area contributed by atoms with Crippen molar-refractivity contribution in [2.75, 3.05) is 54.4 Å². The molecule has 0 heterocycles. The molecule has 0 saturated carbocycles. The number of likely N-dealkylation sites (N-methyl/N-ethyl adjacent to an activating group) is 2. The molecule has 0 aliphatic rings. The number of rotatable bonds is 30. The van der Waals surface area contributed by atoms with Crippen LogP contribution in [-0.2, 0) is 0 Å². The number of hydrogen-bond acceptors (Lipinski definition) is 1. The van der Waals surface area contributed by atoms with Gasteiger partial charge in [0.1, 0.15) is 13.1 Å². The minimum Gasteiger partial charge on any atom is -1.00 e. The maximum absolute atomic E-state index is 10.9. The van der Waals surface area contributed by atoms with Crippen LogP contribution in [0.25, 0.3) is 0 Å². The van der Waals surface area contributed by atoms with Crippen LogP contribution in [0.5, 0.6) is 0 Å². The third-order valence-electron chi connectivity index (χ3n) is 8.64. The molecular formula is C35H76Cl2N2O. The highest BCUT2D eigenvalue weighted by atomic mass is 35.5. The van der Waals surface area contributed by atoms with Crippen LogP contribution in [0.3, 0.4) is 0 Å². The van der Waals surface area contributed by atoms with E-state index in [0.717, 1.165) is 22.1 Å². The smallest absolute Gasteiger partial charge is 0.152 e. The first-order valence-electron chi connectivity index (χ1n) is 17.5. The fraction of sp³-hybridized carbons (Fsp3) is 1.00. The van der Waals surface area contributed by atoms with Crippen LogP contribution >= 0.6 is 0 Å². The Balaban J connectivity index is -0.00000684. The van der Waals surface area contributed by atoms with Gasteiger partial charge in [0.15, 0.2) is 6.10 Å². The normalized spacial score (nSPS) is 12.0. The Morgan fingerprint density at radius 3 is 0.800 bits per heavy atom. The van der Waals surface area contributed by atoms with E-state index in [-0.39, 0.29) is 30.9 Å². The highest BCUT2D eigenvalue weighted by molar-refractivity contribution is 4.55. The SMILES string of the molecule is CCCCCCCCCCCCCC[N+](C)(C)CC(O)C[N+](C)(C)CCCCCCCCCCCCCC.[Cl-].[Cl-]. The van der Waals surface area contributed by atoms with Crippen molar-refractivity contribution >= 4 is 0 Å². The summed E-state index contributed by atoms with van der Waals surface area (Å²) in [4.78, 5) is 0. The predicted octanol–water partition coefficient (Wildman–Crippen LogP) is 3.91. The Bertz CT molecular complexity index is 446. The van der Waals surface area contributed by atoms with E-state index in [0.29, 0.717) is 0 Å². The second-order valence-corrected chi connectivity index (χ2v) is 14.1. The van der Waals surface area contributed by atoms with E-state index in [4.69, 9.17) is 0 Å². The molecular weight excluding hydrogens is 535 g/mol. The molecule has 0 saturated heterocycles. The molecule has 0 aromatic heterocycles. The molecule has 0 radical (unpaired) electrons. The van der Waals surface area contributed by atoms with Gasteiger partial charge in [-0.2, -0.15) is 0 Å². The fourth-order valence-corrected chi connectivity index (χ4v) is 6.14. The van der Waals surface area contributed by atoms with Gasteiger partial charge in [-0.25, -0.2) is 0 Å². The molecule has 0 aromatic carbocycles. The number of unbranched alkanes of at least 4 members (excludes halogenated alkanes) is 22. The molecule has 0 spiro atoms. The second-order valence-electron chi connectivity index (χ2n) is 14.1. The molecule has 0 atom stereocenters. The van der Waals surface area contributed by atoms with E-state index >= 15 is 0 Å². The van der Waals surface area contributed by atoms with Crippen LogP contribution in [0.4, 0.5) is 0 Å². The van der Waals surface area contributed by atoms with Crippen molar-refractivity contribution in [3.63, 3.8) is 0 Å². The zero-order valence-corrected chi connectivity index (χ0v) is 30.0. The van der Waals surface area contributed by atoms with Gasteiger partial charge in [-0.1, -0.05) is 142 Å². The number of halogens is 2. The number of aliphatic hydroxyl groups excluding tert-OH is 1. The van der Waals surface area contributed by atoms with Crippen molar-refractivity contribution in [3.05, 3.63) is 0 Å². The highest BCUT2D eigenvalue weighted by Crippen LogP contribution is 2.15. The maximum Gasteiger partial charge on any atom is 0.152 e. The van der Waals surface area contributed by atoms with Gasteiger partial charge in [0.2, 0.25) is 0 Å². The van der Waals surface area contributed by atoms with E-state index in [9.17, 15) is 5.11 Å². The van der Waals surface area contributed by atoms with E-state index in [1.54, 1.807) is 0 Å².